The average molecular weight is 410 g/mol. The molecule has 0 unspecified atom stereocenters. The van der Waals surface area contributed by atoms with Crippen LogP contribution >= 0.6 is 23.8 Å². The molecule has 1 aromatic rings. The third-order valence-electron chi connectivity index (χ3n) is 5.82. The van der Waals surface area contributed by atoms with Crippen LogP contribution in [0, 0.1) is 5.41 Å². The Hall–Kier alpha value is -1.46. The van der Waals surface area contributed by atoms with Crippen molar-refractivity contribution in [1.29, 1.82) is 0 Å². The Morgan fingerprint density at radius 3 is 2.59 bits per heavy atom. The molecule has 0 aromatic heterocycles. The maximum Gasteiger partial charge on any atom is 0.291 e. The van der Waals surface area contributed by atoms with Gasteiger partial charge in [0.2, 0.25) is 5.78 Å². The molecular weight excluding hydrogens is 382 g/mol. The number of halogens is 1. The van der Waals surface area contributed by atoms with Gasteiger partial charge in [-0.05, 0) is 62.4 Å². The van der Waals surface area contributed by atoms with E-state index >= 15 is 0 Å². The second-order valence-corrected chi connectivity index (χ2v) is 8.70. The summed E-state index contributed by atoms with van der Waals surface area (Å²) in [7, 11) is 0. The minimum atomic E-state index is -0.937. The van der Waals surface area contributed by atoms with Crippen molar-refractivity contribution >= 4 is 40.6 Å². The normalized spacial score (nSPS) is 19.9. The highest BCUT2D eigenvalue weighted by Gasteiger charge is 2.49. The molecule has 1 atom stereocenters. The molecule has 0 saturated carbocycles. The summed E-state index contributed by atoms with van der Waals surface area (Å²) in [6.45, 7) is 5.89. The van der Waals surface area contributed by atoms with E-state index in [0.717, 1.165) is 18.4 Å². The zero-order valence-corrected chi connectivity index (χ0v) is 17.8. The van der Waals surface area contributed by atoms with E-state index in [9.17, 15) is 14.7 Å². The fraction of sp³-hybridized carbons (Fsp3) is 0.571. The number of hydrogen-bond donors (Lipinski definition) is 1. The van der Waals surface area contributed by atoms with Crippen molar-refractivity contribution in [3.8, 4) is 0 Å². The van der Waals surface area contributed by atoms with Gasteiger partial charge < -0.3 is 10.0 Å². The fourth-order valence-corrected chi connectivity index (χ4v) is 4.15. The highest BCUT2D eigenvalue weighted by Crippen LogP contribution is 2.37. The first-order chi connectivity index (χ1) is 12.7. The summed E-state index contributed by atoms with van der Waals surface area (Å²) < 4.78 is 0. The Labute approximate surface area is 171 Å². The molecule has 2 rings (SSSR count). The number of rotatable bonds is 8. The van der Waals surface area contributed by atoms with Gasteiger partial charge >= 0.3 is 0 Å². The number of aliphatic hydroxyl groups is 1. The zero-order valence-electron chi connectivity index (χ0n) is 16.3. The number of carbonyl (C=O) groups excluding carboxylic acids is 2. The standard InChI is InChI=1S/C21H28ClNO3S/c1-4-20(2,3)17(24)18(25)23-14-8-13-21(23,19(26)27)12-7-10-15-9-5-6-11-16(15)22/h5-6,9,11H,4,7-8,10,12-14H2,1-3H3,(H,26,27)/t21-/m0/s1. The van der Waals surface area contributed by atoms with Crippen molar-refractivity contribution in [2.75, 3.05) is 6.54 Å². The zero-order chi connectivity index (χ0) is 20.2. The van der Waals surface area contributed by atoms with Crippen LogP contribution < -0.4 is 0 Å². The first-order valence-electron chi connectivity index (χ1n) is 9.49. The van der Waals surface area contributed by atoms with E-state index in [1.165, 1.54) is 4.90 Å². The largest absolute Gasteiger partial charge is 0.500 e. The van der Waals surface area contributed by atoms with Gasteiger partial charge in [0.25, 0.3) is 5.91 Å². The van der Waals surface area contributed by atoms with E-state index in [1.54, 1.807) is 13.8 Å². The molecule has 0 spiro atoms. The van der Waals surface area contributed by atoms with Gasteiger partial charge in [0, 0.05) is 17.0 Å². The number of hydrogen-bond acceptors (Lipinski definition) is 3. The van der Waals surface area contributed by atoms with Gasteiger partial charge in [0.1, 0.15) is 5.54 Å². The van der Waals surface area contributed by atoms with Crippen LogP contribution in [0.25, 0.3) is 0 Å². The van der Waals surface area contributed by atoms with Crippen LogP contribution in [0.2, 0.25) is 5.02 Å². The minimum absolute atomic E-state index is 0.199. The Balaban J connectivity index is 2.18. The molecule has 27 heavy (non-hydrogen) atoms. The number of nitrogens with zero attached hydrogens (tertiary/aromatic N) is 1. The molecule has 1 fully saturated rings. The Bertz CT molecular complexity index is 734. The molecule has 1 saturated heterocycles. The van der Waals surface area contributed by atoms with Gasteiger partial charge in [0.05, 0.1) is 0 Å². The number of Topliss-reactive ketones (excluding diaryl/α,β-unsaturated/α-hetero) is 1. The summed E-state index contributed by atoms with van der Waals surface area (Å²) in [5, 5.41) is 10.8. The monoisotopic (exact) mass is 409 g/mol. The number of aryl methyl sites for hydroxylation is 1. The molecule has 1 amide bonds. The molecule has 0 aliphatic carbocycles. The summed E-state index contributed by atoms with van der Waals surface area (Å²) in [6.07, 6.45) is 3.82. The molecule has 1 heterocycles. The van der Waals surface area contributed by atoms with Gasteiger partial charge in [-0.15, -0.1) is 0 Å². The molecule has 0 radical (unpaired) electrons. The number of thiocarbonyl (C=S) groups is 1. The van der Waals surface area contributed by atoms with Crippen LogP contribution in [0.4, 0.5) is 0 Å². The average Bonchev–Trinajstić information content (AvgIpc) is 3.07. The van der Waals surface area contributed by atoms with Crippen LogP contribution in [0.5, 0.6) is 0 Å². The highest BCUT2D eigenvalue weighted by atomic mass is 35.5. The van der Waals surface area contributed by atoms with Crippen molar-refractivity contribution in [2.45, 2.75) is 64.8 Å². The topological polar surface area (TPSA) is 57.6 Å². The summed E-state index contributed by atoms with van der Waals surface area (Å²) in [4.78, 5) is 27.2. The number of ketones is 1. The summed E-state index contributed by atoms with van der Waals surface area (Å²) in [5.41, 5.74) is -0.634. The van der Waals surface area contributed by atoms with E-state index in [1.807, 2.05) is 31.2 Å². The molecule has 1 aromatic carbocycles. The quantitative estimate of drug-likeness (QED) is 0.489. The van der Waals surface area contributed by atoms with Gasteiger partial charge in [-0.2, -0.15) is 0 Å². The van der Waals surface area contributed by atoms with Gasteiger partial charge in [-0.3, -0.25) is 9.59 Å². The molecule has 148 valence electrons. The molecule has 6 heteroatoms. The second-order valence-electron chi connectivity index (χ2n) is 7.91. The van der Waals surface area contributed by atoms with E-state index in [-0.39, 0.29) is 5.05 Å². The smallest absolute Gasteiger partial charge is 0.291 e. The Morgan fingerprint density at radius 1 is 1.33 bits per heavy atom. The molecule has 0 bridgehead atoms. The maximum atomic E-state index is 12.9. The van der Waals surface area contributed by atoms with Crippen molar-refractivity contribution < 1.29 is 14.7 Å². The number of benzene rings is 1. The first-order valence-corrected chi connectivity index (χ1v) is 10.3. The van der Waals surface area contributed by atoms with Crippen LogP contribution in [0.1, 0.15) is 58.4 Å². The van der Waals surface area contributed by atoms with Crippen molar-refractivity contribution in [3.05, 3.63) is 34.9 Å². The van der Waals surface area contributed by atoms with E-state index < -0.39 is 22.6 Å². The fourth-order valence-electron chi connectivity index (χ4n) is 3.61. The number of carbonyl (C=O) groups is 2. The van der Waals surface area contributed by atoms with E-state index in [4.69, 9.17) is 23.8 Å². The van der Waals surface area contributed by atoms with E-state index in [2.05, 4.69) is 0 Å². The van der Waals surface area contributed by atoms with Crippen LogP contribution in [0.15, 0.2) is 24.3 Å². The third-order valence-corrected chi connectivity index (χ3v) is 6.57. The van der Waals surface area contributed by atoms with Crippen molar-refractivity contribution in [1.82, 2.24) is 4.90 Å². The third kappa shape index (κ3) is 4.52. The molecular formula is C21H28ClNO3S. The second kappa shape index (κ2) is 8.70. The van der Waals surface area contributed by atoms with Crippen molar-refractivity contribution in [2.24, 2.45) is 5.41 Å². The lowest BCUT2D eigenvalue weighted by Gasteiger charge is -2.38. The summed E-state index contributed by atoms with van der Waals surface area (Å²) >= 11 is 11.4. The summed E-state index contributed by atoms with van der Waals surface area (Å²) in [6, 6.07) is 7.64. The van der Waals surface area contributed by atoms with Crippen LogP contribution in [0.3, 0.4) is 0 Å². The Kier molecular flexibility index (Phi) is 7.03. The van der Waals surface area contributed by atoms with Crippen molar-refractivity contribution in [3.63, 3.8) is 0 Å². The summed E-state index contributed by atoms with van der Waals surface area (Å²) in [5.74, 6) is -0.952. The lowest BCUT2D eigenvalue weighted by Crippen LogP contribution is -2.56. The first kappa shape index (κ1) is 21.8. The van der Waals surface area contributed by atoms with Crippen LogP contribution in [-0.2, 0) is 16.0 Å². The molecule has 1 aliphatic rings. The Morgan fingerprint density at radius 2 is 2.00 bits per heavy atom. The van der Waals surface area contributed by atoms with Gasteiger partial charge in [-0.1, -0.05) is 50.6 Å². The minimum Gasteiger partial charge on any atom is -0.500 e. The molecule has 1 aliphatic heterocycles. The number of amides is 1. The highest BCUT2D eigenvalue weighted by molar-refractivity contribution is 7.80. The maximum absolute atomic E-state index is 12.9. The predicted octanol–water partition coefficient (Wildman–Crippen LogP) is 4.91. The van der Waals surface area contributed by atoms with Gasteiger partial charge in [-0.25, -0.2) is 0 Å². The lowest BCUT2D eigenvalue weighted by molar-refractivity contribution is -0.151. The molecule has 4 nitrogen and oxygen atoms in total. The van der Waals surface area contributed by atoms with E-state index in [0.29, 0.717) is 37.3 Å². The lowest BCUT2D eigenvalue weighted by atomic mass is 9.83. The van der Waals surface area contributed by atoms with Crippen LogP contribution in [-0.4, -0.2) is 38.8 Å². The predicted molar refractivity (Wildman–Crippen MR) is 112 cm³/mol. The number of likely N-dealkylation sites (tertiary alicyclic amines) is 1. The SMILES string of the molecule is CCC(C)(C)C(=O)C(=O)N1CCC[C@@]1(CCCc1ccccc1Cl)C(O)=S. The molecule has 1 N–H and O–H groups in total. The van der Waals surface area contributed by atoms with Gasteiger partial charge in [0.15, 0.2) is 5.05 Å². The number of aliphatic hydroxyl groups excluding tert-OH is 1.